The number of nitrogens with one attached hydrogen (secondary N) is 1. The minimum atomic E-state index is 0.0950. The number of pyridine rings is 1. The molecule has 0 amide bonds. The second kappa shape index (κ2) is 5.63. The molecule has 1 unspecified atom stereocenters. The van der Waals surface area contributed by atoms with Gasteiger partial charge in [-0.05, 0) is 62.2 Å². The largest absolute Gasteiger partial charge is 0.490 e. The van der Waals surface area contributed by atoms with Crippen LogP contribution in [0.1, 0.15) is 35.7 Å². The molecule has 1 aromatic carbocycles. The summed E-state index contributed by atoms with van der Waals surface area (Å²) < 4.78 is 5.87. The molecule has 1 atom stereocenters. The molecule has 2 aromatic rings. The first-order valence-electron chi connectivity index (χ1n) is 7.12. The second-order valence-electron chi connectivity index (χ2n) is 5.37. The van der Waals surface area contributed by atoms with Crippen LogP contribution in [0.15, 0.2) is 42.6 Å². The molecular weight excluding hydrogens is 248 g/mol. The lowest BCUT2D eigenvalue weighted by molar-refractivity contribution is 0.302. The maximum atomic E-state index is 5.87. The fourth-order valence-electron chi connectivity index (χ4n) is 2.35. The zero-order chi connectivity index (χ0) is 13.9. The summed E-state index contributed by atoms with van der Waals surface area (Å²) in [7, 11) is 1.96. The number of hydrogen-bond donors (Lipinski definition) is 1. The topological polar surface area (TPSA) is 34.1 Å². The summed E-state index contributed by atoms with van der Waals surface area (Å²) in [5.74, 6) is 0.956. The van der Waals surface area contributed by atoms with E-state index in [1.54, 1.807) is 0 Å². The second-order valence-corrected chi connectivity index (χ2v) is 5.37. The van der Waals surface area contributed by atoms with Gasteiger partial charge in [-0.1, -0.05) is 12.1 Å². The fourth-order valence-corrected chi connectivity index (χ4v) is 2.35. The van der Waals surface area contributed by atoms with Crippen LogP contribution in [0.3, 0.4) is 0 Å². The monoisotopic (exact) mass is 268 g/mol. The summed E-state index contributed by atoms with van der Waals surface area (Å²) in [5.41, 5.74) is 3.44. The fraction of sp³-hybridized carbons (Fsp3) is 0.353. The molecule has 0 radical (unpaired) electrons. The van der Waals surface area contributed by atoms with Crippen LogP contribution in [0.2, 0.25) is 0 Å². The number of rotatable bonds is 5. The van der Waals surface area contributed by atoms with Crippen LogP contribution in [0.4, 0.5) is 0 Å². The molecule has 3 heteroatoms. The van der Waals surface area contributed by atoms with Gasteiger partial charge < -0.3 is 10.1 Å². The lowest BCUT2D eigenvalue weighted by Gasteiger charge is -2.17. The van der Waals surface area contributed by atoms with E-state index in [-0.39, 0.29) is 6.04 Å². The quantitative estimate of drug-likeness (QED) is 0.904. The first-order chi connectivity index (χ1) is 9.76. The van der Waals surface area contributed by atoms with Crippen molar-refractivity contribution < 1.29 is 4.74 Å². The first-order valence-corrected chi connectivity index (χ1v) is 7.12. The highest BCUT2D eigenvalue weighted by Gasteiger charge is 2.24. The lowest BCUT2D eigenvalue weighted by Crippen LogP contribution is -2.19. The van der Waals surface area contributed by atoms with Crippen molar-refractivity contribution in [3.05, 3.63) is 59.4 Å². The van der Waals surface area contributed by atoms with Crippen LogP contribution in [0.25, 0.3) is 0 Å². The molecular formula is C17H20N2O. The van der Waals surface area contributed by atoms with Gasteiger partial charge >= 0.3 is 0 Å². The van der Waals surface area contributed by atoms with Gasteiger partial charge in [-0.15, -0.1) is 0 Å². The van der Waals surface area contributed by atoms with Crippen molar-refractivity contribution in [2.75, 3.05) is 7.05 Å². The molecule has 1 fully saturated rings. The van der Waals surface area contributed by atoms with Crippen molar-refractivity contribution in [2.45, 2.75) is 31.9 Å². The number of benzene rings is 1. The average molecular weight is 268 g/mol. The molecule has 1 saturated carbocycles. The van der Waals surface area contributed by atoms with E-state index in [9.17, 15) is 0 Å². The highest BCUT2D eigenvalue weighted by molar-refractivity contribution is 5.35. The van der Waals surface area contributed by atoms with Crippen molar-refractivity contribution >= 4 is 0 Å². The van der Waals surface area contributed by atoms with Gasteiger partial charge in [0.05, 0.1) is 17.8 Å². The molecule has 0 aliphatic heterocycles. The third-order valence-corrected chi connectivity index (χ3v) is 3.54. The lowest BCUT2D eigenvalue weighted by atomic mass is 10.0. The molecule has 1 aromatic heterocycles. The predicted molar refractivity (Wildman–Crippen MR) is 80.0 cm³/mol. The van der Waals surface area contributed by atoms with Crippen molar-refractivity contribution in [1.29, 1.82) is 0 Å². The Morgan fingerprint density at radius 1 is 1.25 bits per heavy atom. The van der Waals surface area contributed by atoms with Gasteiger partial charge in [-0.25, -0.2) is 0 Å². The SMILES string of the molecule is CNC(c1cccc(OC2CC2)c1)c1cc(C)ccn1. The molecule has 1 aliphatic rings. The normalized spacial score (nSPS) is 15.9. The summed E-state index contributed by atoms with van der Waals surface area (Å²) in [6, 6.07) is 12.5. The van der Waals surface area contributed by atoms with Gasteiger partial charge in [0, 0.05) is 6.20 Å². The Kier molecular flexibility index (Phi) is 3.70. The summed E-state index contributed by atoms with van der Waals surface area (Å²) in [4.78, 5) is 4.49. The zero-order valence-corrected chi connectivity index (χ0v) is 12.0. The molecule has 1 N–H and O–H groups in total. The maximum absolute atomic E-state index is 5.87. The molecule has 0 bridgehead atoms. The number of aromatic nitrogens is 1. The van der Waals surface area contributed by atoms with Gasteiger partial charge in [0.1, 0.15) is 5.75 Å². The van der Waals surface area contributed by atoms with E-state index in [4.69, 9.17) is 4.74 Å². The summed E-state index contributed by atoms with van der Waals surface area (Å²) in [5, 5.41) is 3.34. The Balaban J connectivity index is 1.88. The third kappa shape index (κ3) is 2.99. The van der Waals surface area contributed by atoms with E-state index in [2.05, 4.69) is 35.4 Å². The van der Waals surface area contributed by atoms with Crippen LogP contribution in [0.5, 0.6) is 5.75 Å². The molecule has 3 nitrogen and oxygen atoms in total. The van der Waals surface area contributed by atoms with Gasteiger partial charge in [-0.3, -0.25) is 4.98 Å². The summed E-state index contributed by atoms with van der Waals surface area (Å²) in [6.45, 7) is 2.09. The Morgan fingerprint density at radius 3 is 2.80 bits per heavy atom. The van der Waals surface area contributed by atoms with Gasteiger partial charge in [0.25, 0.3) is 0 Å². The van der Waals surface area contributed by atoms with Crippen LogP contribution >= 0.6 is 0 Å². The van der Waals surface area contributed by atoms with Gasteiger partial charge in [-0.2, -0.15) is 0 Å². The van der Waals surface area contributed by atoms with E-state index in [1.807, 2.05) is 31.4 Å². The van der Waals surface area contributed by atoms with E-state index < -0.39 is 0 Å². The van der Waals surface area contributed by atoms with Crippen LogP contribution in [-0.4, -0.2) is 18.1 Å². The van der Waals surface area contributed by atoms with Crippen LogP contribution < -0.4 is 10.1 Å². The van der Waals surface area contributed by atoms with E-state index >= 15 is 0 Å². The molecule has 104 valence electrons. The molecule has 3 rings (SSSR count). The Hall–Kier alpha value is -1.87. The third-order valence-electron chi connectivity index (χ3n) is 3.54. The van der Waals surface area contributed by atoms with Crippen molar-refractivity contribution in [3.63, 3.8) is 0 Å². The standard InChI is InChI=1S/C17H20N2O/c1-12-8-9-19-16(10-12)17(18-2)13-4-3-5-15(11-13)20-14-6-7-14/h3-5,8-11,14,17-18H,6-7H2,1-2H3. The minimum absolute atomic E-state index is 0.0950. The maximum Gasteiger partial charge on any atom is 0.120 e. The van der Waals surface area contributed by atoms with Crippen molar-refractivity contribution in [3.8, 4) is 5.75 Å². The number of nitrogens with zero attached hydrogens (tertiary/aromatic N) is 1. The van der Waals surface area contributed by atoms with Crippen LogP contribution in [0, 0.1) is 6.92 Å². The molecule has 0 spiro atoms. The Labute approximate surface area is 120 Å². The van der Waals surface area contributed by atoms with E-state index in [0.29, 0.717) is 6.10 Å². The zero-order valence-electron chi connectivity index (χ0n) is 12.0. The Morgan fingerprint density at radius 2 is 2.10 bits per heavy atom. The summed E-state index contributed by atoms with van der Waals surface area (Å²) in [6.07, 6.45) is 4.65. The molecule has 0 saturated heterocycles. The Bertz CT molecular complexity index is 593. The summed E-state index contributed by atoms with van der Waals surface area (Å²) >= 11 is 0. The predicted octanol–water partition coefficient (Wildman–Crippen LogP) is 3.24. The van der Waals surface area contributed by atoms with Crippen molar-refractivity contribution in [2.24, 2.45) is 0 Å². The molecule has 1 aliphatic carbocycles. The minimum Gasteiger partial charge on any atom is -0.490 e. The number of aryl methyl sites for hydroxylation is 1. The number of ether oxygens (including phenoxy) is 1. The smallest absolute Gasteiger partial charge is 0.120 e. The van der Waals surface area contributed by atoms with Crippen LogP contribution in [-0.2, 0) is 0 Å². The highest BCUT2D eigenvalue weighted by atomic mass is 16.5. The average Bonchev–Trinajstić information content (AvgIpc) is 3.24. The van der Waals surface area contributed by atoms with Gasteiger partial charge in [0.2, 0.25) is 0 Å². The molecule has 1 heterocycles. The van der Waals surface area contributed by atoms with E-state index in [0.717, 1.165) is 11.4 Å². The first kappa shape index (κ1) is 13.1. The number of hydrogen-bond acceptors (Lipinski definition) is 3. The van der Waals surface area contributed by atoms with E-state index in [1.165, 1.54) is 24.0 Å². The molecule has 20 heavy (non-hydrogen) atoms. The van der Waals surface area contributed by atoms with Gasteiger partial charge in [0.15, 0.2) is 0 Å². The highest BCUT2D eigenvalue weighted by Crippen LogP contribution is 2.29. The van der Waals surface area contributed by atoms with Crippen molar-refractivity contribution in [1.82, 2.24) is 10.3 Å².